The average molecular weight is 767 g/mol. The molecule has 14 heteroatoms. The van der Waals surface area contributed by atoms with Gasteiger partial charge in [0.25, 0.3) is 5.91 Å². The summed E-state index contributed by atoms with van der Waals surface area (Å²) in [6, 6.07) is 16.7. The number of aromatic nitrogens is 4. The molecule has 3 aromatic carbocycles. The first-order chi connectivity index (χ1) is 26.6. The smallest absolute Gasteiger partial charge is 0.329 e. The van der Waals surface area contributed by atoms with Crippen molar-refractivity contribution in [2.45, 2.75) is 69.5 Å². The third-order valence-electron chi connectivity index (χ3n) is 11.9. The average Bonchev–Trinajstić information content (AvgIpc) is 3.72. The predicted molar refractivity (Wildman–Crippen MR) is 213 cm³/mol. The highest BCUT2D eigenvalue weighted by molar-refractivity contribution is 6.31. The molecule has 4 heterocycles. The van der Waals surface area contributed by atoms with Crippen LogP contribution in [0.25, 0.3) is 21.9 Å². The molecule has 3 fully saturated rings. The largest absolute Gasteiger partial charge is 0.494 e. The van der Waals surface area contributed by atoms with Crippen LogP contribution in [0.4, 0.5) is 11.4 Å². The second-order valence-electron chi connectivity index (χ2n) is 15.3. The van der Waals surface area contributed by atoms with Crippen molar-refractivity contribution in [3.63, 3.8) is 0 Å². The highest BCUT2D eigenvalue weighted by Gasteiger charge is 2.33. The molecule has 3 aliphatic rings. The number of piperidine rings is 2. The molecule has 2 N–H and O–H groups in total. The second-order valence-corrected chi connectivity index (χ2v) is 15.8. The van der Waals surface area contributed by atoms with E-state index >= 15 is 0 Å². The second kappa shape index (κ2) is 15.2. The zero-order valence-corrected chi connectivity index (χ0v) is 32.2. The molecular formula is C41H47ClN8O5. The minimum Gasteiger partial charge on any atom is -0.494 e. The molecule has 1 saturated carbocycles. The van der Waals surface area contributed by atoms with E-state index in [1.807, 2.05) is 24.3 Å². The minimum atomic E-state index is -0.697. The van der Waals surface area contributed by atoms with Crippen molar-refractivity contribution in [3.05, 3.63) is 81.9 Å². The van der Waals surface area contributed by atoms with Gasteiger partial charge in [0.05, 0.1) is 41.1 Å². The molecular weight excluding hydrogens is 720 g/mol. The molecule has 3 amide bonds. The van der Waals surface area contributed by atoms with Crippen molar-refractivity contribution in [2.75, 3.05) is 44.0 Å². The third-order valence-corrected chi connectivity index (χ3v) is 12.2. The lowest BCUT2D eigenvalue weighted by Crippen LogP contribution is -2.45. The Labute approximate surface area is 324 Å². The zero-order chi connectivity index (χ0) is 38.4. The highest BCUT2D eigenvalue weighted by Crippen LogP contribution is 2.37. The molecule has 2 aromatic heterocycles. The van der Waals surface area contributed by atoms with E-state index in [0.29, 0.717) is 46.4 Å². The number of hydrogen-bond donors (Lipinski definition) is 2. The highest BCUT2D eigenvalue weighted by atomic mass is 35.5. The van der Waals surface area contributed by atoms with Gasteiger partial charge in [-0.05, 0) is 94.3 Å². The summed E-state index contributed by atoms with van der Waals surface area (Å²) < 4.78 is 10.9. The number of hydrogen-bond acceptors (Lipinski definition) is 8. The minimum absolute atomic E-state index is 0.218. The summed E-state index contributed by atoms with van der Waals surface area (Å²) in [6.07, 6.45) is 9.04. The summed E-state index contributed by atoms with van der Waals surface area (Å²) in [5.41, 5.74) is 4.20. The van der Waals surface area contributed by atoms with Crippen molar-refractivity contribution < 1.29 is 19.1 Å². The Bertz CT molecular complexity index is 2330. The van der Waals surface area contributed by atoms with E-state index in [4.69, 9.17) is 21.4 Å². The SMILES string of the molecule is COc1cc2nn([C@H]3CC[C@H](CN(C)C4CCN(c5cccc6c5n(C)c(=O)n6C5CCC(=O)NC5=O)CC4)CC3)cc2cc1NC(=O)c1cccc(Cl)c1. The van der Waals surface area contributed by atoms with Crippen molar-refractivity contribution in [1.29, 1.82) is 0 Å². The number of carbonyl (C=O) groups is 3. The molecule has 55 heavy (non-hydrogen) atoms. The Hall–Kier alpha value is -5.14. The first kappa shape index (κ1) is 36.8. The molecule has 5 aromatic rings. The van der Waals surface area contributed by atoms with Crippen LogP contribution in [0.2, 0.25) is 5.02 Å². The maximum absolute atomic E-state index is 13.4. The van der Waals surface area contributed by atoms with E-state index in [0.717, 1.165) is 85.8 Å². The van der Waals surface area contributed by atoms with Gasteiger partial charge in [-0.3, -0.25) is 33.5 Å². The topological polar surface area (TPSA) is 136 Å². The van der Waals surface area contributed by atoms with E-state index in [1.54, 1.807) is 47.6 Å². The van der Waals surface area contributed by atoms with Gasteiger partial charge in [-0.2, -0.15) is 5.10 Å². The van der Waals surface area contributed by atoms with Crippen molar-refractivity contribution >= 4 is 62.6 Å². The van der Waals surface area contributed by atoms with Crippen molar-refractivity contribution in [1.82, 2.24) is 29.1 Å². The van der Waals surface area contributed by atoms with Gasteiger partial charge in [-0.25, -0.2) is 4.79 Å². The number of fused-ring (bicyclic) bond motifs is 2. The molecule has 0 bridgehead atoms. The molecule has 0 radical (unpaired) electrons. The quantitative estimate of drug-likeness (QED) is 0.177. The summed E-state index contributed by atoms with van der Waals surface area (Å²) in [7, 11) is 5.61. The van der Waals surface area contributed by atoms with Crippen LogP contribution in [0.3, 0.4) is 0 Å². The first-order valence-electron chi connectivity index (χ1n) is 19.2. The van der Waals surface area contributed by atoms with Gasteiger partial charge in [0.2, 0.25) is 11.8 Å². The standard InChI is InChI=1S/C41H47ClN8O5/c1-46(29-16-18-48(19-17-29)33-8-5-9-34-38(33)47(2)41(54)50(34)35-14-15-37(51)44-40(35)53)23-25-10-12-30(13-11-25)49-24-27-21-32(36(55-3)22-31(27)45-49)43-39(52)26-6-4-7-28(42)20-26/h4-9,20-22,24-25,29-30,35H,10-19,23H2,1-3H3,(H,43,52)(H,44,51,53)/t25-,30-,35?. The molecule has 288 valence electrons. The van der Waals surface area contributed by atoms with Crippen LogP contribution in [-0.2, 0) is 16.6 Å². The lowest BCUT2D eigenvalue weighted by atomic mass is 9.85. The van der Waals surface area contributed by atoms with Gasteiger partial charge in [0.15, 0.2) is 0 Å². The summed E-state index contributed by atoms with van der Waals surface area (Å²) in [4.78, 5) is 55.8. The normalized spacial score (nSPS) is 21.0. The fourth-order valence-electron chi connectivity index (χ4n) is 8.95. The number of imide groups is 1. The predicted octanol–water partition coefficient (Wildman–Crippen LogP) is 5.91. The number of para-hydroxylation sites is 1. The Balaban J connectivity index is 0.867. The Morgan fingerprint density at radius 2 is 1.76 bits per heavy atom. The number of nitrogens with one attached hydrogen (secondary N) is 2. The number of nitrogens with zero attached hydrogens (tertiary/aromatic N) is 6. The monoisotopic (exact) mass is 766 g/mol. The number of anilines is 2. The van der Waals surface area contributed by atoms with E-state index in [-0.39, 0.29) is 23.9 Å². The summed E-state index contributed by atoms with van der Waals surface area (Å²) in [6.45, 7) is 2.81. The van der Waals surface area contributed by atoms with Crippen LogP contribution in [0.1, 0.15) is 73.8 Å². The number of methoxy groups -OCH3 is 1. The van der Waals surface area contributed by atoms with Crippen molar-refractivity contribution in [2.24, 2.45) is 13.0 Å². The van der Waals surface area contributed by atoms with Crippen LogP contribution in [0, 0.1) is 5.92 Å². The van der Waals surface area contributed by atoms with Gasteiger partial charge in [0.1, 0.15) is 11.8 Å². The molecule has 2 aliphatic heterocycles. The molecule has 13 nitrogen and oxygen atoms in total. The Morgan fingerprint density at radius 3 is 2.49 bits per heavy atom. The van der Waals surface area contributed by atoms with E-state index in [2.05, 4.69) is 44.4 Å². The molecule has 0 spiro atoms. The number of benzene rings is 3. The number of halogens is 1. The van der Waals surface area contributed by atoms with Crippen LogP contribution in [-0.4, -0.2) is 81.4 Å². The number of amides is 3. The number of carbonyl (C=O) groups excluding carboxylic acids is 3. The van der Waals surface area contributed by atoms with Gasteiger partial charge in [-0.15, -0.1) is 0 Å². The molecule has 1 aliphatic carbocycles. The number of imidazole rings is 1. The van der Waals surface area contributed by atoms with Crippen LogP contribution in [0.15, 0.2) is 65.6 Å². The molecule has 8 rings (SSSR count). The number of ether oxygens (including phenoxy) is 1. The molecule has 1 atom stereocenters. The summed E-state index contributed by atoms with van der Waals surface area (Å²) >= 11 is 6.10. The van der Waals surface area contributed by atoms with E-state index < -0.39 is 11.9 Å². The number of rotatable bonds is 9. The van der Waals surface area contributed by atoms with Gasteiger partial charge < -0.3 is 19.9 Å². The van der Waals surface area contributed by atoms with Crippen LogP contribution < -0.4 is 26.0 Å². The Morgan fingerprint density at radius 1 is 1.00 bits per heavy atom. The fourth-order valence-corrected chi connectivity index (χ4v) is 9.14. The number of aryl methyl sites for hydroxylation is 1. The maximum atomic E-state index is 13.4. The van der Waals surface area contributed by atoms with Gasteiger partial charge >= 0.3 is 5.69 Å². The first-order valence-corrected chi connectivity index (χ1v) is 19.6. The fraction of sp³-hybridized carbons (Fsp3) is 0.439. The third kappa shape index (κ3) is 7.22. The summed E-state index contributed by atoms with van der Waals surface area (Å²) in [5.74, 6) is 0.199. The Kier molecular flexibility index (Phi) is 10.2. The van der Waals surface area contributed by atoms with Crippen molar-refractivity contribution in [3.8, 4) is 5.75 Å². The van der Waals surface area contributed by atoms with Gasteiger partial charge in [-0.1, -0.05) is 23.7 Å². The maximum Gasteiger partial charge on any atom is 0.329 e. The van der Waals surface area contributed by atoms with Crippen LogP contribution in [0.5, 0.6) is 5.75 Å². The van der Waals surface area contributed by atoms with Crippen LogP contribution >= 0.6 is 11.6 Å². The molecule has 2 saturated heterocycles. The lowest BCUT2D eigenvalue weighted by Gasteiger charge is -2.40. The summed E-state index contributed by atoms with van der Waals surface area (Å²) in [5, 5.41) is 11.7. The van der Waals surface area contributed by atoms with E-state index in [9.17, 15) is 19.2 Å². The van der Waals surface area contributed by atoms with E-state index in [1.165, 1.54) is 0 Å². The molecule has 1 unspecified atom stereocenters. The zero-order valence-electron chi connectivity index (χ0n) is 31.5. The lowest BCUT2D eigenvalue weighted by molar-refractivity contribution is -0.135. The van der Waals surface area contributed by atoms with Gasteiger partial charge in [0, 0.05) is 67.4 Å².